The van der Waals surface area contributed by atoms with Gasteiger partial charge in [0.1, 0.15) is 0 Å². The number of alkyl halides is 3. The van der Waals surface area contributed by atoms with Crippen molar-refractivity contribution in [1.29, 1.82) is 0 Å². The van der Waals surface area contributed by atoms with Crippen LogP contribution in [0.5, 0.6) is 0 Å². The number of hydrogen-bond donors (Lipinski definition) is 1. The van der Waals surface area contributed by atoms with E-state index >= 15 is 0 Å². The van der Waals surface area contributed by atoms with Gasteiger partial charge in [0.2, 0.25) is 0 Å². The minimum Gasteiger partial charge on any atom is -0.398 e. The zero-order valence-corrected chi connectivity index (χ0v) is 10.3. The smallest absolute Gasteiger partial charge is 0.390 e. The summed E-state index contributed by atoms with van der Waals surface area (Å²) in [5.74, 6) is 0.215. The summed E-state index contributed by atoms with van der Waals surface area (Å²) in [5, 5.41) is 11.0. The lowest BCUT2D eigenvalue weighted by atomic mass is 10.2. The van der Waals surface area contributed by atoms with Crippen molar-refractivity contribution < 1.29 is 13.2 Å². The highest BCUT2D eigenvalue weighted by Crippen LogP contribution is 2.26. The Hall–Kier alpha value is -1.83. The maximum absolute atomic E-state index is 12.2. The maximum atomic E-state index is 12.2. The number of rotatable bonds is 3. The number of halogens is 4. The highest BCUT2D eigenvalue weighted by atomic mass is 35.5. The van der Waals surface area contributed by atoms with Gasteiger partial charge in [-0.05, 0) is 28.6 Å². The molecular weight excluding hydrogens is 283 g/mol. The highest BCUT2D eigenvalue weighted by Gasteiger charge is 2.27. The predicted molar refractivity (Wildman–Crippen MR) is 63.3 cm³/mol. The van der Waals surface area contributed by atoms with Gasteiger partial charge in [0.25, 0.3) is 0 Å². The first-order valence-corrected chi connectivity index (χ1v) is 5.63. The van der Waals surface area contributed by atoms with Crippen molar-refractivity contribution in [2.75, 3.05) is 5.73 Å². The zero-order chi connectivity index (χ0) is 14.0. The molecule has 0 fully saturated rings. The van der Waals surface area contributed by atoms with E-state index in [0.717, 1.165) is 4.68 Å². The van der Waals surface area contributed by atoms with E-state index in [0.29, 0.717) is 16.3 Å². The molecule has 0 spiro atoms. The van der Waals surface area contributed by atoms with Crippen molar-refractivity contribution >= 4 is 17.3 Å². The summed E-state index contributed by atoms with van der Waals surface area (Å²) in [5.41, 5.74) is 6.45. The van der Waals surface area contributed by atoms with E-state index < -0.39 is 12.6 Å². The van der Waals surface area contributed by atoms with E-state index in [9.17, 15) is 13.2 Å². The molecule has 2 rings (SSSR count). The number of benzene rings is 1. The molecule has 0 aliphatic carbocycles. The fourth-order valence-electron chi connectivity index (χ4n) is 1.48. The summed E-state index contributed by atoms with van der Waals surface area (Å²) in [6.07, 6.45) is -5.27. The molecule has 0 atom stereocenters. The Balaban J connectivity index is 2.26. The molecule has 5 nitrogen and oxygen atoms in total. The van der Waals surface area contributed by atoms with Gasteiger partial charge in [-0.1, -0.05) is 11.6 Å². The minimum absolute atomic E-state index is 0.215. The fraction of sp³-hybridized carbons (Fsp3) is 0.300. The van der Waals surface area contributed by atoms with Crippen LogP contribution in [-0.4, -0.2) is 26.4 Å². The lowest BCUT2D eigenvalue weighted by Crippen LogP contribution is -2.14. The van der Waals surface area contributed by atoms with Gasteiger partial charge in [0.15, 0.2) is 5.82 Å². The number of anilines is 1. The van der Waals surface area contributed by atoms with Gasteiger partial charge in [-0.2, -0.15) is 13.2 Å². The standard InChI is InChI=1S/C10H9ClF3N5/c11-7-2-1-6(5-8(7)15)9-16-17-18-19(9)4-3-10(12,13)14/h1-2,5H,3-4,15H2. The number of hydrogen-bond acceptors (Lipinski definition) is 4. The van der Waals surface area contributed by atoms with Crippen LogP contribution >= 0.6 is 11.6 Å². The summed E-state index contributed by atoms with van der Waals surface area (Å²) in [6.45, 7) is -0.353. The molecule has 0 aliphatic heterocycles. The molecule has 0 aliphatic rings. The van der Waals surface area contributed by atoms with Crippen molar-refractivity contribution in [3.63, 3.8) is 0 Å². The third-order valence-corrected chi connectivity index (χ3v) is 2.74. The number of nitrogen functional groups attached to an aromatic ring is 1. The van der Waals surface area contributed by atoms with Crippen molar-refractivity contribution in [2.45, 2.75) is 19.1 Å². The van der Waals surface area contributed by atoms with Gasteiger partial charge < -0.3 is 5.73 Å². The Morgan fingerprint density at radius 1 is 1.32 bits per heavy atom. The van der Waals surface area contributed by atoms with Crippen molar-refractivity contribution in [3.8, 4) is 11.4 Å². The number of tetrazole rings is 1. The fourth-order valence-corrected chi connectivity index (χ4v) is 1.60. The molecule has 2 N–H and O–H groups in total. The summed E-state index contributed by atoms with van der Waals surface area (Å²) >= 11 is 5.77. The SMILES string of the molecule is Nc1cc(-c2nnnn2CCC(F)(F)F)ccc1Cl. The summed E-state index contributed by atoms with van der Waals surface area (Å²) in [7, 11) is 0. The molecular formula is C10H9ClF3N5. The topological polar surface area (TPSA) is 69.6 Å². The van der Waals surface area contributed by atoms with E-state index in [1.807, 2.05) is 0 Å². The molecule has 19 heavy (non-hydrogen) atoms. The Morgan fingerprint density at radius 2 is 2.05 bits per heavy atom. The predicted octanol–water partition coefficient (Wildman–Crippen LogP) is 2.53. The normalized spacial score (nSPS) is 11.8. The van der Waals surface area contributed by atoms with Crippen LogP contribution in [0, 0.1) is 0 Å². The Labute approximate surface area is 111 Å². The number of aryl methyl sites for hydroxylation is 1. The average molecular weight is 292 g/mol. The quantitative estimate of drug-likeness (QED) is 0.882. The molecule has 9 heteroatoms. The summed E-state index contributed by atoms with van der Waals surface area (Å²) in [4.78, 5) is 0. The first-order valence-electron chi connectivity index (χ1n) is 5.25. The van der Waals surface area contributed by atoms with Crippen molar-refractivity contribution in [1.82, 2.24) is 20.2 Å². The second-order valence-electron chi connectivity index (χ2n) is 3.83. The van der Waals surface area contributed by atoms with Crippen LogP contribution in [0.15, 0.2) is 18.2 Å². The van der Waals surface area contributed by atoms with Crippen LogP contribution in [0.1, 0.15) is 6.42 Å². The van der Waals surface area contributed by atoms with Crippen LogP contribution in [-0.2, 0) is 6.54 Å². The molecule has 1 aromatic heterocycles. The van der Waals surface area contributed by atoms with E-state index in [-0.39, 0.29) is 12.4 Å². The van der Waals surface area contributed by atoms with Gasteiger partial charge in [-0.3, -0.25) is 0 Å². The van der Waals surface area contributed by atoms with Crippen LogP contribution in [0.4, 0.5) is 18.9 Å². The van der Waals surface area contributed by atoms with Gasteiger partial charge in [0, 0.05) is 5.56 Å². The highest BCUT2D eigenvalue weighted by molar-refractivity contribution is 6.33. The van der Waals surface area contributed by atoms with E-state index in [1.54, 1.807) is 6.07 Å². The van der Waals surface area contributed by atoms with Crippen LogP contribution in [0.3, 0.4) is 0 Å². The molecule has 0 saturated heterocycles. The Bertz CT molecular complexity index is 581. The van der Waals surface area contributed by atoms with Crippen molar-refractivity contribution in [3.05, 3.63) is 23.2 Å². The first-order chi connectivity index (χ1) is 8.87. The monoisotopic (exact) mass is 291 g/mol. The van der Waals surface area contributed by atoms with Crippen LogP contribution in [0.2, 0.25) is 5.02 Å². The third kappa shape index (κ3) is 3.34. The maximum Gasteiger partial charge on any atom is 0.390 e. The lowest BCUT2D eigenvalue weighted by Gasteiger charge is -2.08. The largest absolute Gasteiger partial charge is 0.398 e. The van der Waals surface area contributed by atoms with Crippen LogP contribution < -0.4 is 5.73 Å². The molecule has 2 aromatic rings. The molecule has 0 bridgehead atoms. The summed E-state index contributed by atoms with van der Waals surface area (Å²) < 4.78 is 37.6. The number of nitrogens with two attached hydrogens (primary N) is 1. The number of nitrogens with zero attached hydrogens (tertiary/aromatic N) is 4. The first kappa shape index (κ1) is 13.6. The van der Waals surface area contributed by atoms with E-state index in [4.69, 9.17) is 17.3 Å². The number of aromatic nitrogens is 4. The second-order valence-corrected chi connectivity index (χ2v) is 4.23. The Kier molecular flexibility index (Phi) is 3.61. The van der Waals surface area contributed by atoms with Gasteiger partial charge in [-0.15, -0.1) is 5.10 Å². The Morgan fingerprint density at radius 3 is 2.68 bits per heavy atom. The summed E-state index contributed by atoms with van der Waals surface area (Å²) in [6, 6.07) is 4.64. The van der Waals surface area contributed by atoms with Gasteiger partial charge >= 0.3 is 6.18 Å². The molecule has 0 unspecified atom stereocenters. The van der Waals surface area contributed by atoms with Crippen LogP contribution in [0.25, 0.3) is 11.4 Å². The minimum atomic E-state index is -4.26. The zero-order valence-electron chi connectivity index (χ0n) is 9.52. The van der Waals surface area contributed by atoms with E-state index in [1.165, 1.54) is 12.1 Å². The van der Waals surface area contributed by atoms with E-state index in [2.05, 4.69) is 15.5 Å². The molecule has 0 amide bonds. The van der Waals surface area contributed by atoms with Crippen molar-refractivity contribution in [2.24, 2.45) is 0 Å². The molecule has 0 saturated carbocycles. The third-order valence-electron chi connectivity index (χ3n) is 2.39. The molecule has 0 radical (unpaired) electrons. The molecule has 102 valence electrons. The molecule has 1 heterocycles. The average Bonchev–Trinajstić information content (AvgIpc) is 2.77. The molecule has 1 aromatic carbocycles. The van der Waals surface area contributed by atoms with Gasteiger partial charge in [0.05, 0.1) is 23.7 Å². The van der Waals surface area contributed by atoms with Gasteiger partial charge in [-0.25, -0.2) is 4.68 Å². The lowest BCUT2D eigenvalue weighted by molar-refractivity contribution is -0.137. The second kappa shape index (κ2) is 5.04.